The smallest absolute Gasteiger partial charge is 0.335 e. The third-order valence-corrected chi connectivity index (χ3v) is 3.20. The average Bonchev–Trinajstić information content (AvgIpc) is 1.99. The van der Waals surface area contributed by atoms with Crippen molar-refractivity contribution in [3.63, 3.8) is 0 Å². The summed E-state index contributed by atoms with van der Waals surface area (Å²) in [4.78, 5) is 10.5. The molecular formula is C7H3Cl2IO2. The van der Waals surface area contributed by atoms with E-state index in [-0.39, 0.29) is 10.6 Å². The minimum atomic E-state index is -1.01. The van der Waals surface area contributed by atoms with E-state index >= 15 is 0 Å². The second kappa shape index (κ2) is 3.81. The van der Waals surface area contributed by atoms with Gasteiger partial charge in [-0.2, -0.15) is 0 Å². The summed E-state index contributed by atoms with van der Waals surface area (Å²) in [7, 11) is 0. The van der Waals surface area contributed by atoms with E-state index in [0.29, 0.717) is 8.59 Å². The van der Waals surface area contributed by atoms with Crippen LogP contribution in [-0.2, 0) is 0 Å². The number of halogens is 3. The Balaban J connectivity index is 3.31. The molecule has 0 aliphatic rings. The molecule has 1 rings (SSSR count). The fourth-order valence-electron chi connectivity index (χ4n) is 0.679. The predicted molar refractivity (Wildman–Crippen MR) is 56.1 cm³/mol. The summed E-state index contributed by atoms with van der Waals surface area (Å²) < 4.78 is 0.638. The first-order chi connectivity index (χ1) is 5.52. The molecule has 0 unspecified atom stereocenters. The van der Waals surface area contributed by atoms with Crippen LogP contribution in [0.4, 0.5) is 0 Å². The molecule has 1 aromatic rings. The van der Waals surface area contributed by atoms with Crippen molar-refractivity contribution in [2.24, 2.45) is 0 Å². The molecular weight excluding hydrogens is 314 g/mol. The highest BCUT2D eigenvalue weighted by Gasteiger charge is 2.09. The van der Waals surface area contributed by atoms with Crippen molar-refractivity contribution in [2.75, 3.05) is 0 Å². The minimum Gasteiger partial charge on any atom is -0.478 e. The fraction of sp³-hybridized carbons (Fsp3) is 0. The van der Waals surface area contributed by atoms with Crippen LogP contribution in [-0.4, -0.2) is 11.1 Å². The molecule has 0 heterocycles. The first-order valence-corrected chi connectivity index (χ1v) is 4.73. The highest BCUT2D eigenvalue weighted by atomic mass is 127. The molecule has 0 fully saturated rings. The van der Waals surface area contributed by atoms with Crippen LogP contribution in [0, 0.1) is 3.57 Å². The molecule has 0 radical (unpaired) electrons. The van der Waals surface area contributed by atoms with E-state index in [0.717, 1.165) is 0 Å². The molecule has 2 nitrogen and oxygen atoms in total. The molecule has 5 heteroatoms. The number of carboxylic acid groups (broad SMARTS) is 1. The van der Waals surface area contributed by atoms with Crippen molar-refractivity contribution in [2.45, 2.75) is 0 Å². The normalized spacial score (nSPS) is 9.92. The lowest BCUT2D eigenvalue weighted by molar-refractivity contribution is 0.0697. The highest BCUT2D eigenvalue weighted by molar-refractivity contribution is 14.1. The van der Waals surface area contributed by atoms with Crippen molar-refractivity contribution >= 4 is 51.8 Å². The van der Waals surface area contributed by atoms with Gasteiger partial charge in [0.1, 0.15) is 0 Å². The Labute approximate surface area is 92.6 Å². The molecule has 1 aromatic carbocycles. The Kier molecular flexibility index (Phi) is 3.20. The Bertz CT molecular complexity index is 315. The van der Waals surface area contributed by atoms with Crippen molar-refractivity contribution in [1.82, 2.24) is 0 Å². The minimum absolute atomic E-state index is 0.147. The van der Waals surface area contributed by atoms with Crippen molar-refractivity contribution in [3.8, 4) is 0 Å². The number of hydrogen-bond donors (Lipinski definition) is 1. The van der Waals surface area contributed by atoms with E-state index in [1.807, 2.05) is 22.6 Å². The SMILES string of the molecule is O=C(O)c1cc(Cl)c(Cl)c(I)c1. The molecule has 0 bridgehead atoms. The molecule has 0 atom stereocenters. The zero-order chi connectivity index (χ0) is 9.30. The molecule has 1 N–H and O–H groups in total. The van der Waals surface area contributed by atoms with Crippen LogP contribution < -0.4 is 0 Å². The van der Waals surface area contributed by atoms with Gasteiger partial charge in [0.25, 0.3) is 0 Å². The third-order valence-electron chi connectivity index (χ3n) is 1.23. The quantitative estimate of drug-likeness (QED) is 0.637. The lowest BCUT2D eigenvalue weighted by atomic mass is 10.2. The summed E-state index contributed by atoms with van der Waals surface area (Å²) in [5.74, 6) is -1.01. The molecule has 0 spiro atoms. The summed E-state index contributed by atoms with van der Waals surface area (Å²) in [5.41, 5.74) is 0.147. The van der Waals surface area contributed by atoms with Crippen LogP contribution in [0.2, 0.25) is 10.0 Å². The van der Waals surface area contributed by atoms with E-state index in [9.17, 15) is 4.79 Å². The van der Waals surface area contributed by atoms with Gasteiger partial charge in [-0.1, -0.05) is 23.2 Å². The van der Waals surface area contributed by atoms with E-state index < -0.39 is 5.97 Å². The van der Waals surface area contributed by atoms with Crippen molar-refractivity contribution in [1.29, 1.82) is 0 Å². The standard InChI is InChI=1S/C7H3Cl2IO2/c8-4-1-3(7(11)12)2-5(10)6(4)9/h1-2H,(H,11,12). The molecule has 0 amide bonds. The number of rotatable bonds is 1. The van der Waals surface area contributed by atoms with Gasteiger partial charge in [0.2, 0.25) is 0 Å². The third kappa shape index (κ3) is 2.02. The van der Waals surface area contributed by atoms with Crippen molar-refractivity contribution in [3.05, 3.63) is 31.3 Å². The van der Waals surface area contributed by atoms with Crippen LogP contribution >= 0.6 is 45.8 Å². The summed E-state index contributed by atoms with van der Waals surface area (Å²) in [5, 5.41) is 9.28. The molecule has 0 aliphatic carbocycles. The second-order valence-corrected chi connectivity index (χ2v) is 4.01. The predicted octanol–water partition coefficient (Wildman–Crippen LogP) is 3.30. The summed E-state index contributed by atoms with van der Waals surface area (Å²) in [6.07, 6.45) is 0. The molecule has 64 valence electrons. The molecule has 12 heavy (non-hydrogen) atoms. The Morgan fingerprint density at radius 2 is 2.00 bits per heavy atom. The van der Waals surface area contributed by atoms with Gasteiger partial charge >= 0.3 is 5.97 Å². The van der Waals surface area contributed by atoms with Gasteiger partial charge in [0.05, 0.1) is 15.6 Å². The number of aromatic carboxylic acids is 1. The Morgan fingerprint density at radius 3 is 2.42 bits per heavy atom. The zero-order valence-electron chi connectivity index (χ0n) is 5.64. The number of hydrogen-bond acceptors (Lipinski definition) is 1. The first kappa shape index (κ1) is 10.1. The van der Waals surface area contributed by atoms with Gasteiger partial charge in [-0.25, -0.2) is 4.79 Å². The van der Waals surface area contributed by atoms with Crippen LogP contribution in [0.5, 0.6) is 0 Å². The first-order valence-electron chi connectivity index (χ1n) is 2.90. The number of carbonyl (C=O) groups is 1. The molecule has 0 aliphatic heterocycles. The fourth-order valence-corrected chi connectivity index (χ4v) is 1.79. The summed E-state index contributed by atoms with van der Waals surface area (Å²) in [6.45, 7) is 0. The lowest BCUT2D eigenvalue weighted by Gasteiger charge is -2.00. The van der Waals surface area contributed by atoms with Gasteiger partial charge in [-0.05, 0) is 34.7 Å². The van der Waals surface area contributed by atoms with Crippen molar-refractivity contribution < 1.29 is 9.90 Å². The Morgan fingerprint density at radius 1 is 1.42 bits per heavy atom. The lowest BCUT2D eigenvalue weighted by Crippen LogP contribution is -1.96. The maximum absolute atomic E-state index is 10.5. The largest absolute Gasteiger partial charge is 0.478 e. The monoisotopic (exact) mass is 316 g/mol. The van der Waals surface area contributed by atoms with Gasteiger partial charge in [0, 0.05) is 3.57 Å². The van der Waals surface area contributed by atoms with E-state index in [2.05, 4.69) is 0 Å². The van der Waals surface area contributed by atoms with Crippen LogP contribution in [0.15, 0.2) is 12.1 Å². The van der Waals surface area contributed by atoms with Gasteiger partial charge < -0.3 is 5.11 Å². The topological polar surface area (TPSA) is 37.3 Å². The number of carboxylic acids is 1. The van der Waals surface area contributed by atoms with Crippen LogP contribution in [0.1, 0.15) is 10.4 Å². The van der Waals surface area contributed by atoms with Crippen LogP contribution in [0.3, 0.4) is 0 Å². The highest BCUT2D eigenvalue weighted by Crippen LogP contribution is 2.28. The maximum Gasteiger partial charge on any atom is 0.335 e. The number of benzene rings is 1. The van der Waals surface area contributed by atoms with E-state index in [1.54, 1.807) is 0 Å². The summed E-state index contributed by atoms with van der Waals surface area (Å²) in [6, 6.07) is 2.80. The molecule has 0 aromatic heterocycles. The van der Waals surface area contributed by atoms with E-state index in [4.69, 9.17) is 28.3 Å². The average molecular weight is 317 g/mol. The summed E-state index contributed by atoms with van der Waals surface area (Å²) >= 11 is 13.3. The van der Waals surface area contributed by atoms with Gasteiger partial charge in [0.15, 0.2) is 0 Å². The Hall–Kier alpha value is -0.000000000000000111. The second-order valence-electron chi connectivity index (χ2n) is 2.06. The van der Waals surface area contributed by atoms with Gasteiger partial charge in [-0.3, -0.25) is 0 Å². The molecule has 0 saturated carbocycles. The van der Waals surface area contributed by atoms with E-state index in [1.165, 1.54) is 12.1 Å². The maximum atomic E-state index is 10.5. The molecule has 0 saturated heterocycles. The van der Waals surface area contributed by atoms with Gasteiger partial charge in [-0.15, -0.1) is 0 Å². The zero-order valence-corrected chi connectivity index (χ0v) is 9.31. The van der Waals surface area contributed by atoms with Crippen LogP contribution in [0.25, 0.3) is 0 Å².